The largest absolute Gasteiger partial charge is 0.487 e. The fraction of sp³-hybridized carbons (Fsp3) is 0.536. The molecule has 218 valence electrons. The fourth-order valence-electron chi connectivity index (χ4n) is 3.20. The highest BCUT2D eigenvalue weighted by Gasteiger charge is 2.23. The lowest BCUT2D eigenvalue weighted by Crippen LogP contribution is -2.15. The fourth-order valence-corrected chi connectivity index (χ4v) is 3.42. The summed E-state index contributed by atoms with van der Waals surface area (Å²) in [5, 5.41) is 0. The van der Waals surface area contributed by atoms with Gasteiger partial charge in [0.15, 0.2) is 11.5 Å². The zero-order valence-corrected chi connectivity index (χ0v) is 23.9. The second-order valence-electron chi connectivity index (χ2n) is 7.79. The van der Waals surface area contributed by atoms with Crippen LogP contribution >= 0.6 is 23.2 Å². The number of hydrogen-bond acceptors (Lipinski definition) is 9. The molecule has 0 unspecified atom stereocenters. The molecule has 0 aliphatic heterocycles. The molecule has 0 radical (unpaired) electrons. The van der Waals surface area contributed by atoms with Crippen LogP contribution in [0, 0.1) is 0 Å². The van der Waals surface area contributed by atoms with E-state index in [0.29, 0.717) is 63.8 Å². The van der Waals surface area contributed by atoms with Crippen molar-refractivity contribution in [1.29, 1.82) is 0 Å². The standard InChI is InChI=1S/C28H38Cl2O9/c1-2-36-28(31)24-8-9-25(37-20-18-34-16-14-32-12-10-29)27(38-21-19-35-17-15-33-13-11-30)26(24)39-22-23-6-4-3-5-7-23/h3-9H,2,10-22H2,1H3. The van der Waals surface area contributed by atoms with E-state index in [1.807, 2.05) is 30.3 Å². The van der Waals surface area contributed by atoms with E-state index in [4.69, 9.17) is 61.1 Å². The van der Waals surface area contributed by atoms with Crippen LogP contribution in [-0.2, 0) is 30.3 Å². The van der Waals surface area contributed by atoms with Crippen molar-refractivity contribution in [2.24, 2.45) is 0 Å². The zero-order chi connectivity index (χ0) is 28.0. The molecule has 0 amide bonds. The number of ether oxygens (including phenoxy) is 8. The molecular formula is C28H38Cl2O9. The van der Waals surface area contributed by atoms with Gasteiger partial charge in [-0.3, -0.25) is 0 Å². The summed E-state index contributed by atoms with van der Waals surface area (Å²) < 4.78 is 45.1. The van der Waals surface area contributed by atoms with Crippen molar-refractivity contribution in [1.82, 2.24) is 0 Å². The lowest BCUT2D eigenvalue weighted by molar-refractivity contribution is 0.0368. The predicted octanol–water partition coefficient (Wildman–Crippen LogP) is 4.74. The van der Waals surface area contributed by atoms with Gasteiger partial charge in [0.25, 0.3) is 0 Å². The van der Waals surface area contributed by atoms with E-state index in [1.54, 1.807) is 19.1 Å². The number of benzene rings is 2. The Morgan fingerprint density at radius 3 is 1.79 bits per heavy atom. The van der Waals surface area contributed by atoms with Gasteiger partial charge in [0.1, 0.15) is 25.4 Å². The summed E-state index contributed by atoms with van der Waals surface area (Å²) in [6.45, 7) is 5.87. The molecule has 0 atom stereocenters. The third-order valence-corrected chi connectivity index (χ3v) is 5.25. The first-order chi connectivity index (χ1) is 19.2. The van der Waals surface area contributed by atoms with Crippen LogP contribution in [0.3, 0.4) is 0 Å². The highest BCUT2D eigenvalue weighted by molar-refractivity contribution is 6.18. The summed E-state index contributed by atoms with van der Waals surface area (Å²) >= 11 is 11.2. The first-order valence-corrected chi connectivity index (χ1v) is 14.0. The number of halogens is 2. The second kappa shape index (κ2) is 21.5. The van der Waals surface area contributed by atoms with Crippen LogP contribution in [0.25, 0.3) is 0 Å². The predicted molar refractivity (Wildman–Crippen MR) is 149 cm³/mol. The average Bonchev–Trinajstić information content (AvgIpc) is 2.95. The molecule has 39 heavy (non-hydrogen) atoms. The topological polar surface area (TPSA) is 90.9 Å². The van der Waals surface area contributed by atoms with Gasteiger partial charge in [0, 0.05) is 11.8 Å². The normalized spacial score (nSPS) is 10.8. The molecule has 0 spiro atoms. The first kappa shape index (κ1) is 32.9. The molecule has 0 saturated heterocycles. The number of carbonyl (C=O) groups is 1. The molecule has 9 nitrogen and oxygen atoms in total. The van der Waals surface area contributed by atoms with Crippen LogP contribution in [0.1, 0.15) is 22.8 Å². The van der Waals surface area contributed by atoms with E-state index in [2.05, 4.69) is 0 Å². The van der Waals surface area contributed by atoms with Gasteiger partial charge in [-0.1, -0.05) is 30.3 Å². The first-order valence-electron chi connectivity index (χ1n) is 12.9. The Labute approximate surface area is 240 Å². The van der Waals surface area contributed by atoms with Crippen molar-refractivity contribution in [3.8, 4) is 17.2 Å². The van der Waals surface area contributed by atoms with E-state index in [-0.39, 0.29) is 50.1 Å². The zero-order valence-electron chi connectivity index (χ0n) is 22.4. The Morgan fingerprint density at radius 2 is 1.21 bits per heavy atom. The molecule has 2 aromatic rings. The van der Waals surface area contributed by atoms with Crippen LogP contribution in [0.2, 0.25) is 0 Å². The van der Waals surface area contributed by atoms with Gasteiger partial charge in [-0.25, -0.2) is 4.79 Å². The lowest BCUT2D eigenvalue weighted by atomic mass is 10.1. The van der Waals surface area contributed by atoms with Crippen LogP contribution in [0.15, 0.2) is 42.5 Å². The number of esters is 1. The summed E-state index contributed by atoms with van der Waals surface area (Å²) in [6.07, 6.45) is 0. The van der Waals surface area contributed by atoms with Crippen molar-refractivity contribution >= 4 is 29.2 Å². The molecule has 11 heteroatoms. The van der Waals surface area contributed by atoms with Gasteiger partial charge in [-0.05, 0) is 24.6 Å². The van der Waals surface area contributed by atoms with E-state index in [1.165, 1.54) is 0 Å². The highest BCUT2D eigenvalue weighted by atomic mass is 35.5. The number of hydrogen-bond donors (Lipinski definition) is 0. The number of rotatable bonds is 23. The van der Waals surface area contributed by atoms with Crippen LogP contribution < -0.4 is 14.2 Å². The maximum Gasteiger partial charge on any atom is 0.342 e. The monoisotopic (exact) mass is 588 g/mol. The van der Waals surface area contributed by atoms with Gasteiger partial charge in [0.2, 0.25) is 5.75 Å². The lowest BCUT2D eigenvalue weighted by Gasteiger charge is -2.19. The molecule has 0 heterocycles. The van der Waals surface area contributed by atoms with E-state index in [9.17, 15) is 4.79 Å². The van der Waals surface area contributed by atoms with Crippen molar-refractivity contribution in [2.45, 2.75) is 13.5 Å². The van der Waals surface area contributed by atoms with Crippen LogP contribution in [-0.4, -0.2) is 90.4 Å². The molecule has 0 aromatic heterocycles. The van der Waals surface area contributed by atoms with E-state index < -0.39 is 5.97 Å². The quantitative estimate of drug-likeness (QED) is 0.104. The molecular weight excluding hydrogens is 551 g/mol. The number of alkyl halides is 2. The Bertz CT molecular complexity index is 915. The van der Waals surface area contributed by atoms with Gasteiger partial charge in [-0.2, -0.15) is 0 Å². The average molecular weight is 590 g/mol. The molecule has 0 aliphatic carbocycles. The molecule has 0 aliphatic rings. The van der Waals surface area contributed by atoms with Crippen molar-refractivity contribution in [3.63, 3.8) is 0 Å². The van der Waals surface area contributed by atoms with E-state index in [0.717, 1.165) is 5.56 Å². The van der Waals surface area contributed by atoms with Gasteiger partial charge in [-0.15, -0.1) is 23.2 Å². The smallest absolute Gasteiger partial charge is 0.342 e. The minimum atomic E-state index is -0.523. The summed E-state index contributed by atoms with van der Waals surface area (Å²) in [7, 11) is 0. The maximum absolute atomic E-state index is 12.8. The molecule has 0 N–H and O–H groups in total. The van der Waals surface area contributed by atoms with E-state index >= 15 is 0 Å². The third kappa shape index (κ3) is 13.6. The maximum atomic E-state index is 12.8. The molecule has 0 bridgehead atoms. The summed E-state index contributed by atoms with van der Waals surface area (Å²) in [6, 6.07) is 12.9. The molecule has 0 saturated carbocycles. The Morgan fingerprint density at radius 1 is 0.641 bits per heavy atom. The second-order valence-corrected chi connectivity index (χ2v) is 8.54. The van der Waals surface area contributed by atoms with Gasteiger partial charge in [0.05, 0.1) is 59.5 Å². The van der Waals surface area contributed by atoms with Crippen LogP contribution in [0.4, 0.5) is 0 Å². The minimum Gasteiger partial charge on any atom is -0.487 e. The summed E-state index contributed by atoms with van der Waals surface area (Å²) in [5.41, 5.74) is 1.16. The Kier molecular flexibility index (Phi) is 18.2. The van der Waals surface area contributed by atoms with Crippen LogP contribution in [0.5, 0.6) is 17.2 Å². The third-order valence-electron chi connectivity index (χ3n) is 4.94. The highest BCUT2D eigenvalue weighted by Crippen LogP contribution is 2.41. The Balaban J connectivity index is 2.12. The SMILES string of the molecule is CCOC(=O)c1ccc(OCCOCCOCCCl)c(OCCOCCOCCCl)c1OCc1ccccc1. The minimum absolute atomic E-state index is 0.189. The van der Waals surface area contributed by atoms with Gasteiger partial charge >= 0.3 is 5.97 Å². The summed E-state index contributed by atoms with van der Waals surface area (Å²) in [4.78, 5) is 12.8. The van der Waals surface area contributed by atoms with Crippen molar-refractivity contribution in [3.05, 3.63) is 53.6 Å². The molecule has 0 fully saturated rings. The summed E-state index contributed by atoms with van der Waals surface area (Å²) in [5.74, 6) is 1.26. The van der Waals surface area contributed by atoms with Crippen molar-refractivity contribution < 1.29 is 42.7 Å². The molecule has 2 rings (SSSR count). The Hall–Kier alpha value is -2.27. The van der Waals surface area contributed by atoms with Crippen molar-refractivity contribution in [2.75, 3.05) is 84.4 Å². The van der Waals surface area contributed by atoms with Gasteiger partial charge < -0.3 is 37.9 Å². The molecule has 2 aromatic carbocycles. The number of carbonyl (C=O) groups excluding carboxylic acids is 1.